The van der Waals surface area contributed by atoms with Gasteiger partial charge in [-0.2, -0.15) is 0 Å². The number of carbonyl (C=O) groups excluding carboxylic acids is 2. The van der Waals surface area contributed by atoms with Crippen molar-refractivity contribution in [2.75, 3.05) is 18.5 Å². The maximum atomic E-state index is 13.4. The van der Waals surface area contributed by atoms with Crippen LogP contribution in [0.1, 0.15) is 109 Å². The van der Waals surface area contributed by atoms with Crippen LogP contribution in [-0.2, 0) is 9.59 Å². The van der Waals surface area contributed by atoms with Crippen LogP contribution in [-0.4, -0.2) is 25.4 Å². The molecule has 0 aliphatic heterocycles. The second kappa shape index (κ2) is 21.6. The molecule has 41 heavy (non-hydrogen) atoms. The van der Waals surface area contributed by atoms with Gasteiger partial charge in [0.15, 0.2) is 0 Å². The Balaban J connectivity index is 1.70. The fourth-order valence-electron chi connectivity index (χ4n) is 4.99. The number of hydrogen-bond acceptors (Lipinski definition) is 2. The van der Waals surface area contributed by atoms with E-state index < -0.39 is 5.92 Å². The van der Waals surface area contributed by atoms with Gasteiger partial charge in [-0.25, -0.2) is 0 Å². The molecular weight excluding hydrogens is 504 g/mol. The summed E-state index contributed by atoms with van der Waals surface area (Å²) >= 11 is 0. The molecule has 1 N–H and O–H groups in total. The molecule has 4 heteroatoms. The summed E-state index contributed by atoms with van der Waals surface area (Å²) in [7, 11) is 1.73. The molecule has 0 fully saturated rings. The number of hydrogen-bond donors (Lipinski definition) is 1. The number of carbonyl (C=O) groups is 2. The minimum absolute atomic E-state index is 0.231. The maximum Gasteiger partial charge on any atom is 0.243 e. The minimum Gasteiger partial charge on any atom is -0.355 e. The predicted octanol–water partition coefficient (Wildman–Crippen LogP) is 9.52. The van der Waals surface area contributed by atoms with Gasteiger partial charge in [-0.1, -0.05) is 131 Å². The molecule has 0 heterocycles. The Hall–Kier alpha value is -3.14. The number of anilines is 1. The molecule has 2 aromatic rings. The van der Waals surface area contributed by atoms with Crippen LogP contribution in [0.2, 0.25) is 0 Å². The summed E-state index contributed by atoms with van der Waals surface area (Å²) in [5.74, 6) is -1.35. The summed E-state index contributed by atoms with van der Waals surface area (Å²) < 4.78 is 0. The third kappa shape index (κ3) is 14.4. The molecule has 224 valence electrons. The van der Waals surface area contributed by atoms with Gasteiger partial charge in [0.1, 0.15) is 5.92 Å². The first kappa shape index (κ1) is 34.1. The van der Waals surface area contributed by atoms with E-state index in [1.165, 1.54) is 77.0 Å². The van der Waals surface area contributed by atoms with Crippen molar-refractivity contribution in [1.82, 2.24) is 5.32 Å². The van der Waals surface area contributed by atoms with Gasteiger partial charge < -0.3 is 10.2 Å². The Morgan fingerprint density at radius 1 is 0.732 bits per heavy atom. The standard InChI is InChI=1S/C37H54N2O2/c1-4-5-6-7-8-9-10-11-12-13-14-15-16-17-18-25-30-38-36(40)35(31-32(2)33-26-21-19-22-27-33)37(41)39(3)34-28-23-20-24-29-34/h11-12,19-24,26-29,31,35H,4-10,13-18,25,30H2,1-3H3,(H,38,40)/b12-11-,32-31+. The number of nitrogens with one attached hydrogen (secondary N) is 1. The topological polar surface area (TPSA) is 49.4 Å². The van der Waals surface area contributed by atoms with Gasteiger partial charge in [0, 0.05) is 19.3 Å². The van der Waals surface area contributed by atoms with Crippen LogP contribution in [0.25, 0.3) is 5.57 Å². The van der Waals surface area contributed by atoms with E-state index >= 15 is 0 Å². The van der Waals surface area contributed by atoms with Crippen molar-refractivity contribution in [3.8, 4) is 0 Å². The molecule has 0 saturated carbocycles. The third-order valence-corrected chi connectivity index (χ3v) is 7.66. The Bertz CT molecular complexity index is 1030. The average molecular weight is 559 g/mol. The number of para-hydroxylation sites is 1. The molecule has 0 aliphatic carbocycles. The molecule has 0 saturated heterocycles. The molecule has 1 atom stereocenters. The van der Waals surface area contributed by atoms with Gasteiger partial charge in [-0.3, -0.25) is 9.59 Å². The molecule has 2 rings (SSSR count). The van der Waals surface area contributed by atoms with E-state index in [2.05, 4.69) is 24.4 Å². The van der Waals surface area contributed by atoms with E-state index in [4.69, 9.17) is 0 Å². The molecule has 0 radical (unpaired) electrons. The molecule has 0 aromatic heterocycles. The van der Waals surface area contributed by atoms with Crippen LogP contribution in [0.4, 0.5) is 5.69 Å². The highest BCUT2D eigenvalue weighted by Gasteiger charge is 2.28. The Labute approximate surface area is 250 Å². The van der Waals surface area contributed by atoms with E-state index in [0.717, 1.165) is 29.7 Å². The van der Waals surface area contributed by atoms with Crippen molar-refractivity contribution in [2.45, 2.75) is 104 Å². The smallest absolute Gasteiger partial charge is 0.243 e. The number of allylic oxidation sites excluding steroid dienone is 3. The summed E-state index contributed by atoms with van der Waals surface area (Å²) in [6.07, 6.45) is 24.1. The summed E-state index contributed by atoms with van der Waals surface area (Å²) in [6, 6.07) is 19.4. The maximum absolute atomic E-state index is 13.4. The Morgan fingerprint density at radius 2 is 1.24 bits per heavy atom. The summed E-state index contributed by atoms with van der Waals surface area (Å²) in [5, 5.41) is 3.04. The second-order valence-electron chi connectivity index (χ2n) is 11.2. The van der Waals surface area contributed by atoms with Gasteiger partial charge in [0.05, 0.1) is 0 Å². The van der Waals surface area contributed by atoms with Crippen LogP contribution >= 0.6 is 0 Å². The average Bonchev–Trinajstić information content (AvgIpc) is 3.01. The van der Waals surface area contributed by atoms with Gasteiger partial charge in [-0.05, 0) is 62.3 Å². The molecule has 0 aliphatic rings. The number of amides is 2. The van der Waals surface area contributed by atoms with E-state index in [0.29, 0.717) is 6.54 Å². The lowest BCUT2D eigenvalue weighted by atomic mass is 9.98. The molecule has 0 spiro atoms. The summed E-state index contributed by atoms with van der Waals surface area (Å²) in [4.78, 5) is 28.3. The van der Waals surface area contributed by atoms with Crippen LogP contribution < -0.4 is 10.2 Å². The van der Waals surface area contributed by atoms with Crippen molar-refractivity contribution in [1.29, 1.82) is 0 Å². The summed E-state index contributed by atoms with van der Waals surface area (Å²) in [6.45, 7) is 4.82. The zero-order valence-electron chi connectivity index (χ0n) is 26.0. The lowest BCUT2D eigenvalue weighted by Gasteiger charge is -2.22. The third-order valence-electron chi connectivity index (χ3n) is 7.66. The van der Waals surface area contributed by atoms with Crippen molar-refractivity contribution in [3.63, 3.8) is 0 Å². The minimum atomic E-state index is -0.880. The van der Waals surface area contributed by atoms with Crippen molar-refractivity contribution in [2.24, 2.45) is 5.92 Å². The molecule has 2 aromatic carbocycles. The highest BCUT2D eigenvalue weighted by Crippen LogP contribution is 2.20. The van der Waals surface area contributed by atoms with Crippen LogP contribution in [0, 0.1) is 5.92 Å². The van der Waals surface area contributed by atoms with Crippen LogP contribution in [0.3, 0.4) is 0 Å². The zero-order valence-corrected chi connectivity index (χ0v) is 26.0. The van der Waals surface area contributed by atoms with E-state index in [-0.39, 0.29) is 11.8 Å². The monoisotopic (exact) mass is 558 g/mol. The fourth-order valence-corrected chi connectivity index (χ4v) is 4.99. The second-order valence-corrected chi connectivity index (χ2v) is 11.2. The molecule has 0 bridgehead atoms. The zero-order chi connectivity index (χ0) is 29.5. The lowest BCUT2D eigenvalue weighted by molar-refractivity contribution is -0.131. The number of nitrogens with zero attached hydrogens (tertiary/aromatic N) is 1. The van der Waals surface area contributed by atoms with Crippen LogP contribution in [0.5, 0.6) is 0 Å². The SMILES string of the molecule is CCCCCCCC/C=C\CCCCCCCCNC(=O)C(/C=C(\C)c1ccccc1)C(=O)N(C)c1ccccc1. The normalized spacial score (nSPS) is 12.4. The van der Waals surface area contributed by atoms with Crippen LogP contribution in [0.15, 0.2) is 78.9 Å². The Kier molecular flexibility index (Phi) is 17.9. The highest BCUT2D eigenvalue weighted by atomic mass is 16.2. The molecule has 2 amide bonds. The predicted molar refractivity (Wildman–Crippen MR) is 176 cm³/mol. The number of rotatable bonds is 21. The van der Waals surface area contributed by atoms with Crippen molar-refractivity contribution < 1.29 is 9.59 Å². The van der Waals surface area contributed by atoms with E-state index in [1.807, 2.05) is 67.6 Å². The van der Waals surface area contributed by atoms with Gasteiger partial charge in [-0.15, -0.1) is 0 Å². The van der Waals surface area contributed by atoms with Crippen molar-refractivity contribution in [3.05, 3.63) is 84.5 Å². The number of unbranched alkanes of at least 4 members (excludes halogenated alkanes) is 12. The fraction of sp³-hybridized carbons (Fsp3) is 0.514. The largest absolute Gasteiger partial charge is 0.355 e. The molecule has 4 nitrogen and oxygen atoms in total. The first-order valence-electron chi connectivity index (χ1n) is 16.0. The van der Waals surface area contributed by atoms with Crippen molar-refractivity contribution >= 4 is 23.1 Å². The van der Waals surface area contributed by atoms with Gasteiger partial charge >= 0.3 is 0 Å². The van der Waals surface area contributed by atoms with E-state index in [9.17, 15) is 9.59 Å². The molecular formula is C37H54N2O2. The summed E-state index contributed by atoms with van der Waals surface area (Å²) in [5.41, 5.74) is 2.70. The number of benzene rings is 2. The van der Waals surface area contributed by atoms with Gasteiger partial charge in [0.2, 0.25) is 11.8 Å². The van der Waals surface area contributed by atoms with Gasteiger partial charge in [0.25, 0.3) is 0 Å². The quantitative estimate of drug-likeness (QED) is 0.0942. The van der Waals surface area contributed by atoms with E-state index in [1.54, 1.807) is 18.0 Å². The lowest BCUT2D eigenvalue weighted by Crippen LogP contribution is -2.41. The highest BCUT2D eigenvalue weighted by molar-refractivity contribution is 6.09. The Morgan fingerprint density at radius 3 is 1.83 bits per heavy atom. The first-order valence-corrected chi connectivity index (χ1v) is 16.0. The first-order chi connectivity index (χ1) is 20.0. The molecule has 1 unspecified atom stereocenters.